The molecule has 0 heterocycles. The van der Waals surface area contributed by atoms with Crippen LogP contribution in [0.2, 0.25) is 0 Å². The zero-order valence-corrected chi connectivity index (χ0v) is 8.41. The molecule has 0 radical (unpaired) electrons. The van der Waals surface area contributed by atoms with Gasteiger partial charge >= 0.3 is 0 Å². The molecule has 0 nitrogen and oxygen atoms in total. The van der Waals surface area contributed by atoms with E-state index in [1.165, 1.54) is 38.5 Å². The molecule has 0 aromatic carbocycles. The minimum atomic E-state index is 1.12. The van der Waals surface area contributed by atoms with Crippen molar-refractivity contribution >= 4 is 0 Å². The maximum atomic E-state index is 2.33. The minimum absolute atomic E-state index is 1.12. The Morgan fingerprint density at radius 3 is 1.31 bits per heavy atom. The highest BCUT2D eigenvalue weighted by atomic mass is 13.9. The largest absolute Gasteiger partial charge is 0.0885 e. The van der Waals surface area contributed by atoms with E-state index in [-0.39, 0.29) is 0 Å². The molecule has 72 valence electrons. The molecule has 13 heavy (non-hydrogen) atoms. The number of hydrogen-bond donors (Lipinski definition) is 0. The standard InChI is InChI=1S/C13H20/c1-2-4-6-8-10-12-13-11-9-7-5-3-1/h1-2,5,7,10,12H,3-4,6,8-9,11,13H2/b2-1+,7-5?,12-10+. The van der Waals surface area contributed by atoms with Gasteiger partial charge in [-0.05, 0) is 44.9 Å². The molecule has 0 saturated carbocycles. The summed E-state index contributed by atoms with van der Waals surface area (Å²) in [6.07, 6.45) is 22.5. The first-order chi connectivity index (χ1) is 6.50. The lowest BCUT2D eigenvalue weighted by atomic mass is 10.2. The van der Waals surface area contributed by atoms with E-state index in [1.807, 2.05) is 0 Å². The summed E-state index contributed by atoms with van der Waals surface area (Å²) in [4.78, 5) is 0. The van der Waals surface area contributed by atoms with E-state index in [0.717, 1.165) is 6.42 Å². The van der Waals surface area contributed by atoms with E-state index in [2.05, 4.69) is 36.5 Å². The van der Waals surface area contributed by atoms with Crippen molar-refractivity contribution in [1.29, 1.82) is 0 Å². The number of allylic oxidation sites excluding steroid dienone is 6. The molecule has 0 bridgehead atoms. The highest BCUT2D eigenvalue weighted by Gasteiger charge is 1.84. The van der Waals surface area contributed by atoms with Crippen LogP contribution in [0.1, 0.15) is 44.9 Å². The van der Waals surface area contributed by atoms with Gasteiger partial charge < -0.3 is 0 Å². The van der Waals surface area contributed by atoms with E-state index in [1.54, 1.807) is 0 Å². The Balaban J connectivity index is 2.27. The average molecular weight is 176 g/mol. The van der Waals surface area contributed by atoms with Gasteiger partial charge in [-0.2, -0.15) is 0 Å². The van der Waals surface area contributed by atoms with Gasteiger partial charge in [0.2, 0.25) is 0 Å². The van der Waals surface area contributed by atoms with Crippen molar-refractivity contribution in [1.82, 2.24) is 0 Å². The van der Waals surface area contributed by atoms with Crippen molar-refractivity contribution in [3.05, 3.63) is 36.5 Å². The summed E-state index contributed by atoms with van der Waals surface area (Å²) in [6, 6.07) is 0. The van der Waals surface area contributed by atoms with Crippen LogP contribution in [0.15, 0.2) is 36.5 Å². The summed E-state index contributed by atoms with van der Waals surface area (Å²) in [5.74, 6) is 0. The molecule has 1 aliphatic carbocycles. The normalized spacial score (nSPS) is 25.2. The molecule has 0 unspecified atom stereocenters. The van der Waals surface area contributed by atoms with Crippen LogP contribution < -0.4 is 0 Å². The molecule has 0 spiro atoms. The van der Waals surface area contributed by atoms with Crippen molar-refractivity contribution in [3.8, 4) is 0 Å². The van der Waals surface area contributed by atoms with Crippen LogP contribution in [-0.4, -0.2) is 0 Å². The second kappa shape index (κ2) is 7.85. The highest BCUT2D eigenvalue weighted by Crippen LogP contribution is 2.04. The topological polar surface area (TPSA) is 0 Å². The second-order valence-corrected chi connectivity index (χ2v) is 3.51. The summed E-state index contributed by atoms with van der Waals surface area (Å²) >= 11 is 0. The van der Waals surface area contributed by atoms with E-state index >= 15 is 0 Å². The molecule has 0 atom stereocenters. The maximum Gasteiger partial charge on any atom is -0.0169 e. The molecular weight excluding hydrogens is 156 g/mol. The van der Waals surface area contributed by atoms with Gasteiger partial charge in [0.05, 0.1) is 0 Å². The summed E-state index contributed by atoms with van der Waals surface area (Å²) < 4.78 is 0. The summed E-state index contributed by atoms with van der Waals surface area (Å²) in [5, 5.41) is 0. The molecule has 1 aliphatic rings. The SMILES string of the molecule is C1=CCCC/C=C/CCC/C=C/C1. The maximum absolute atomic E-state index is 2.33. The predicted molar refractivity (Wildman–Crippen MR) is 59.7 cm³/mol. The number of hydrogen-bond acceptors (Lipinski definition) is 0. The smallest absolute Gasteiger partial charge is 0.0169 e. The van der Waals surface area contributed by atoms with Gasteiger partial charge in [0, 0.05) is 0 Å². The molecule has 0 fully saturated rings. The molecule has 0 amide bonds. The summed E-state index contributed by atoms with van der Waals surface area (Å²) in [5.41, 5.74) is 0. The Morgan fingerprint density at radius 1 is 0.462 bits per heavy atom. The third-order valence-electron chi connectivity index (χ3n) is 2.26. The first kappa shape index (κ1) is 10.3. The van der Waals surface area contributed by atoms with Crippen molar-refractivity contribution in [2.45, 2.75) is 44.9 Å². The van der Waals surface area contributed by atoms with Gasteiger partial charge in [-0.15, -0.1) is 0 Å². The van der Waals surface area contributed by atoms with Crippen LogP contribution in [0, 0.1) is 0 Å². The van der Waals surface area contributed by atoms with Crippen molar-refractivity contribution < 1.29 is 0 Å². The molecule has 0 aromatic heterocycles. The lowest BCUT2D eigenvalue weighted by molar-refractivity contribution is 0.842. The van der Waals surface area contributed by atoms with E-state index < -0.39 is 0 Å². The molecule has 0 N–H and O–H groups in total. The Labute approximate surface area is 82.0 Å². The molecule has 0 aromatic rings. The monoisotopic (exact) mass is 176 g/mol. The van der Waals surface area contributed by atoms with Gasteiger partial charge in [-0.1, -0.05) is 36.5 Å². The fourth-order valence-corrected chi connectivity index (χ4v) is 1.45. The van der Waals surface area contributed by atoms with E-state index in [9.17, 15) is 0 Å². The lowest BCUT2D eigenvalue weighted by Gasteiger charge is -1.90. The Kier molecular flexibility index (Phi) is 6.22. The minimum Gasteiger partial charge on any atom is -0.0885 e. The van der Waals surface area contributed by atoms with E-state index in [4.69, 9.17) is 0 Å². The third-order valence-corrected chi connectivity index (χ3v) is 2.26. The lowest BCUT2D eigenvalue weighted by Crippen LogP contribution is -1.70. The fourth-order valence-electron chi connectivity index (χ4n) is 1.45. The predicted octanol–water partition coefficient (Wildman–Crippen LogP) is 4.40. The van der Waals surface area contributed by atoms with Gasteiger partial charge in [0.1, 0.15) is 0 Å². The molecule has 0 aliphatic heterocycles. The second-order valence-electron chi connectivity index (χ2n) is 3.51. The van der Waals surface area contributed by atoms with Crippen molar-refractivity contribution in [2.24, 2.45) is 0 Å². The summed E-state index contributed by atoms with van der Waals surface area (Å²) in [7, 11) is 0. The Bertz CT molecular complexity index is 164. The summed E-state index contributed by atoms with van der Waals surface area (Å²) in [6.45, 7) is 0. The van der Waals surface area contributed by atoms with Crippen LogP contribution in [0.4, 0.5) is 0 Å². The Morgan fingerprint density at radius 2 is 0.846 bits per heavy atom. The van der Waals surface area contributed by atoms with Crippen molar-refractivity contribution in [3.63, 3.8) is 0 Å². The van der Waals surface area contributed by atoms with Crippen LogP contribution in [-0.2, 0) is 0 Å². The zero-order valence-electron chi connectivity index (χ0n) is 8.41. The van der Waals surface area contributed by atoms with Gasteiger partial charge in [0.25, 0.3) is 0 Å². The number of rotatable bonds is 0. The molecule has 1 rings (SSSR count). The van der Waals surface area contributed by atoms with Gasteiger partial charge in [0.15, 0.2) is 0 Å². The molecule has 0 saturated heterocycles. The van der Waals surface area contributed by atoms with Gasteiger partial charge in [-0.3, -0.25) is 0 Å². The average Bonchev–Trinajstić information content (AvgIpc) is 2.18. The molecular formula is C13H20. The van der Waals surface area contributed by atoms with Crippen LogP contribution in [0.3, 0.4) is 0 Å². The fraction of sp³-hybridized carbons (Fsp3) is 0.538. The third kappa shape index (κ3) is 6.39. The molecule has 0 heteroatoms. The Hall–Kier alpha value is -0.780. The quantitative estimate of drug-likeness (QED) is 0.480. The van der Waals surface area contributed by atoms with Crippen LogP contribution >= 0.6 is 0 Å². The van der Waals surface area contributed by atoms with Gasteiger partial charge in [-0.25, -0.2) is 0 Å². The zero-order chi connectivity index (χ0) is 9.19. The van der Waals surface area contributed by atoms with Crippen LogP contribution in [0.25, 0.3) is 0 Å². The first-order valence-electron chi connectivity index (χ1n) is 5.45. The van der Waals surface area contributed by atoms with Crippen LogP contribution in [0.5, 0.6) is 0 Å². The first-order valence-corrected chi connectivity index (χ1v) is 5.45. The van der Waals surface area contributed by atoms with Crippen molar-refractivity contribution in [2.75, 3.05) is 0 Å². The highest BCUT2D eigenvalue weighted by molar-refractivity contribution is 4.94. The van der Waals surface area contributed by atoms with E-state index in [0.29, 0.717) is 0 Å².